The maximum Gasteiger partial charge on any atom is 0.407 e. The zero-order chi connectivity index (χ0) is 26.0. The molecule has 0 saturated heterocycles. The quantitative estimate of drug-likeness (QED) is 0.452. The molecule has 0 atom stereocenters. The van der Waals surface area contributed by atoms with Crippen molar-refractivity contribution in [3.05, 3.63) is 40.4 Å². The SMILES string of the molecule is CCOC(=O)c1nc(-c2cccc(O)c2)nc2c1[nH]c(=O)n2[C@H]1CC[C@H](NC(=O)OC(C)(C)C)CC1. The lowest BCUT2D eigenvalue weighted by Gasteiger charge is -2.30. The maximum absolute atomic E-state index is 13.0. The molecular weight excluding hydrogens is 466 g/mol. The highest BCUT2D eigenvalue weighted by Gasteiger charge is 2.30. The third kappa shape index (κ3) is 5.50. The molecule has 1 aliphatic carbocycles. The van der Waals surface area contributed by atoms with E-state index in [1.54, 1.807) is 23.6 Å². The minimum atomic E-state index is -0.676. The minimum Gasteiger partial charge on any atom is -0.508 e. The molecule has 0 aliphatic heterocycles. The van der Waals surface area contributed by atoms with Crippen LogP contribution >= 0.6 is 0 Å². The molecule has 1 amide bonds. The Labute approximate surface area is 207 Å². The Bertz CT molecular complexity index is 1330. The number of amides is 1. The number of phenolic OH excluding ortho intramolecular Hbond substituents is 1. The smallest absolute Gasteiger partial charge is 0.407 e. The van der Waals surface area contributed by atoms with Crippen molar-refractivity contribution in [3.8, 4) is 17.1 Å². The Morgan fingerprint density at radius 3 is 2.56 bits per heavy atom. The van der Waals surface area contributed by atoms with Gasteiger partial charge in [-0.1, -0.05) is 12.1 Å². The topological polar surface area (TPSA) is 148 Å². The number of phenols is 1. The summed E-state index contributed by atoms with van der Waals surface area (Å²) in [4.78, 5) is 49.6. The summed E-state index contributed by atoms with van der Waals surface area (Å²) < 4.78 is 12.1. The van der Waals surface area contributed by atoms with Gasteiger partial charge >= 0.3 is 17.8 Å². The number of carbonyl (C=O) groups excluding carboxylic acids is 2. The number of aromatic hydroxyl groups is 1. The van der Waals surface area contributed by atoms with Crippen molar-refractivity contribution >= 4 is 23.2 Å². The summed E-state index contributed by atoms with van der Waals surface area (Å²) >= 11 is 0. The standard InChI is InChI=1S/C25H31N5O6/c1-5-35-22(32)19-18-21(29-20(27-19)14-7-6-8-17(31)13-14)30(23(33)28-18)16-11-9-15(10-12-16)26-24(34)36-25(2,3)4/h6-8,13,15-16,31H,5,9-12H2,1-4H3,(H,26,34)(H,28,33)/t15-,16-. The number of fused-ring (bicyclic) bond motifs is 1. The number of H-pyrrole nitrogens is 1. The van der Waals surface area contributed by atoms with E-state index in [1.165, 1.54) is 12.1 Å². The average Bonchev–Trinajstić information content (AvgIpc) is 3.13. The molecule has 0 radical (unpaired) electrons. The van der Waals surface area contributed by atoms with Gasteiger partial charge in [0, 0.05) is 17.6 Å². The zero-order valence-corrected chi connectivity index (χ0v) is 20.8. The lowest BCUT2D eigenvalue weighted by atomic mass is 9.91. The van der Waals surface area contributed by atoms with E-state index in [0.29, 0.717) is 36.9 Å². The van der Waals surface area contributed by atoms with Crippen LogP contribution in [-0.2, 0) is 9.47 Å². The number of benzene rings is 1. The molecule has 3 aromatic rings. The Morgan fingerprint density at radius 1 is 1.19 bits per heavy atom. The Morgan fingerprint density at radius 2 is 1.92 bits per heavy atom. The molecule has 2 aromatic heterocycles. The predicted octanol–water partition coefficient (Wildman–Crippen LogP) is 3.68. The number of rotatable bonds is 5. The van der Waals surface area contributed by atoms with Crippen LogP contribution in [0.15, 0.2) is 29.1 Å². The van der Waals surface area contributed by atoms with Crippen LogP contribution < -0.4 is 11.0 Å². The Hall–Kier alpha value is -3.89. The summed E-state index contributed by atoms with van der Waals surface area (Å²) in [6.45, 7) is 7.26. The summed E-state index contributed by atoms with van der Waals surface area (Å²) in [5.74, 6) is -0.462. The summed E-state index contributed by atoms with van der Waals surface area (Å²) in [7, 11) is 0. The van der Waals surface area contributed by atoms with Gasteiger partial charge in [0.05, 0.1) is 6.61 Å². The molecule has 1 aromatic carbocycles. The molecule has 2 heterocycles. The van der Waals surface area contributed by atoms with Crippen molar-refractivity contribution < 1.29 is 24.2 Å². The highest BCUT2D eigenvalue weighted by molar-refractivity contribution is 5.99. The van der Waals surface area contributed by atoms with Crippen molar-refractivity contribution in [2.24, 2.45) is 0 Å². The van der Waals surface area contributed by atoms with Crippen molar-refractivity contribution in [1.82, 2.24) is 24.8 Å². The van der Waals surface area contributed by atoms with Gasteiger partial charge in [0.15, 0.2) is 17.2 Å². The van der Waals surface area contributed by atoms with Crippen LogP contribution in [0.1, 0.15) is 69.9 Å². The van der Waals surface area contributed by atoms with Crippen LogP contribution in [-0.4, -0.2) is 54.9 Å². The second-order valence-electron chi connectivity index (χ2n) is 9.82. The summed E-state index contributed by atoms with van der Waals surface area (Å²) in [5.41, 5.74) is -0.0376. The average molecular weight is 498 g/mol. The van der Waals surface area contributed by atoms with Gasteiger partial charge in [0.1, 0.15) is 16.9 Å². The van der Waals surface area contributed by atoms with E-state index in [1.807, 2.05) is 20.8 Å². The number of nitrogens with one attached hydrogen (secondary N) is 2. The molecule has 0 spiro atoms. The molecule has 11 nitrogen and oxygen atoms in total. The number of carbonyl (C=O) groups is 2. The van der Waals surface area contributed by atoms with E-state index in [0.717, 1.165) is 0 Å². The van der Waals surface area contributed by atoms with Crippen LogP contribution in [0.4, 0.5) is 4.79 Å². The van der Waals surface area contributed by atoms with Gasteiger partial charge in [0.2, 0.25) is 0 Å². The van der Waals surface area contributed by atoms with E-state index in [2.05, 4.69) is 20.3 Å². The molecule has 1 fully saturated rings. The van der Waals surface area contributed by atoms with Crippen LogP contribution in [0, 0.1) is 0 Å². The van der Waals surface area contributed by atoms with Gasteiger partial charge in [-0.3, -0.25) is 4.57 Å². The lowest BCUT2D eigenvalue weighted by Crippen LogP contribution is -2.41. The predicted molar refractivity (Wildman–Crippen MR) is 132 cm³/mol. The van der Waals surface area contributed by atoms with Crippen LogP contribution in [0.25, 0.3) is 22.6 Å². The molecule has 192 valence electrons. The summed E-state index contributed by atoms with van der Waals surface area (Å²) in [6, 6.07) is 6.10. The van der Waals surface area contributed by atoms with Crippen LogP contribution in [0.5, 0.6) is 5.75 Å². The monoisotopic (exact) mass is 497 g/mol. The lowest BCUT2D eigenvalue weighted by molar-refractivity contribution is 0.0485. The number of imidazole rings is 1. The van der Waals surface area contributed by atoms with Crippen LogP contribution in [0.2, 0.25) is 0 Å². The van der Waals surface area contributed by atoms with Crippen molar-refractivity contribution in [1.29, 1.82) is 0 Å². The van der Waals surface area contributed by atoms with Crippen LogP contribution in [0.3, 0.4) is 0 Å². The molecule has 0 unspecified atom stereocenters. The van der Waals surface area contributed by atoms with E-state index < -0.39 is 23.4 Å². The van der Waals surface area contributed by atoms with E-state index in [-0.39, 0.29) is 41.5 Å². The first-order valence-electron chi connectivity index (χ1n) is 12.0. The fraction of sp³-hybridized carbons (Fsp3) is 0.480. The molecule has 36 heavy (non-hydrogen) atoms. The highest BCUT2D eigenvalue weighted by Crippen LogP contribution is 2.31. The number of ether oxygens (including phenoxy) is 2. The van der Waals surface area contributed by atoms with E-state index in [9.17, 15) is 19.5 Å². The number of hydrogen-bond donors (Lipinski definition) is 3. The van der Waals surface area contributed by atoms with Gasteiger partial charge in [-0.2, -0.15) is 0 Å². The van der Waals surface area contributed by atoms with Crippen molar-refractivity contribution in [2.45, 2.75) is 71.1 Å². The molecule has 0 bridgehead atoms. The van der Waals surface area contributed by atoms with E-state index >= 15 is 0 Å². The van der Waals surface area contributed by atoms with E-state index in [4.69, 9.17) is 9.47 Å². The van der Waals surface area contributed by atoms with Gasteiger partial charge in [-0.15, -0.1) is 0 Å². The van der Waals surface area contributed by atoms with Gasteiger partial charge in [0.25, 0.3) is 0 Å². The third-order valence-electron chi connectivity index (χ3n) is 5.92. The Kier molecular flexibility index (Phi) is 7.00. The fourth-order valence-electron chi connectivity index (χ4n) is 4.41. The fourth-order valence-corrected chi connectivity index (χ4v) is 4.41. The number of esters is 1. The third-order valence-corrected chi connectivity index (χ3v) is 5.92. The second-order valence-corrected chi connectivity index (χ2v) is 9.82. The molecule has 3 N–H and O–H groups in total. The zero-order valence-electron chi connectivity index (χ0n) is 20.8. The maximum atomic E-state index is 13.0. The number of aromatic amines is 1. The molecule has 1 aliphatic rings. The molecule has 4 rings (SSSR count). The molecule has 1 saturated carbocycles. The van der Waals surface area contributed by atoms with Gasteiger partial charge in [-0.05, 0) is 65.5 Å². The largest absolute Gasteiger partial charge is 0.508 e. The first-order chi connectivity index (χ1) is 17.1. The summed E-state index contributed by atoms with van der Waals surface area (Å²) in [6.07, 6.45) is 2.08. The molecular formula is C25H31N5O6. The van der Waals surface area contributed by atoms with Crippen molar-refractivity contribution in [3.63, 3.8) is 0 Å². The normalized spacial score (nSPS) is 18.1. The number of aromatic nitrogens is 4. The number of hydrogen-bond acceptors (Lipinski definition) is 8. The van der Waals surface area contributed by atoms with Crippen molar-refractivity contribution in [2.75, 3.05) is 6.61 Å². The first-order valence-corrected chi connectivity index (χ1v) is 12.0. The highest BCUT2D eigenvalue weighted by atomic mass is 16.6. The Balaban J connectivity index is 1.66. The second kappa shape index (κ2) is 10.00. The molecule has 11 heteroatoms. The van der Waals surface area contributed by atoms with Gasteiger partial charge in [-0.25, -0.2) is 24.4 Å². The summed E-state index contributed by atoms with van der Waals surface area (Å²) in [5, 5.41) is 12.8. The first kappa shape index (κ1) is 25.2. The number of alkyl carbamates (subject to hydrolysis) is 1. The minimum absolute atomic E-state index is 0.0242. The van der Waals surface area contributed by atoms with Gasteiger partial charge < -0.3 is 24.9 Å². The number of nitrogens with zero attached hydrogens (tertiary/aromatic N) is 3.